The van der Waals surface area contributed by atoms with E-state index >= 15 is 0 Å². The molecule has 2 aromatic carbocycles. The van der Waals surface area contributed by atoms with Gasteiger partial charge in [-0.3, -0.25) is 15.0 Å². The predicted molar refractivity (Wildman–Crippen MR) is 139 cm³/mol. The third kappa shape index (κ3) is 3.63. The topological polar surface area (TPSA) is 95.9 Å². The van der Waals surface area contributed by atoms with Crippen LogP contribution in [0.4, 0.5) is 16.2 Å². The van der Waals surface area contributed by atoms with Gasteiger partial charge in [0.15, 0.2) is 17.3 Å². The highest BCUT2D eigenvalue weighted by Crippen LogP contribution is 2.43. The molecule has 0 spiro atoms. The molecule has 0 saturated heterocycles. The number of rotatable bonds is 7. The first kappa shape index (κ1) is 25.3. The second-order valence-electron chi connectivity index (χ2n) is 8.91. The monoisotopic (exact) mass is 495 g/mol. The van der Waals surface area contributed by atoms with Gasteiger partial charge in [0, 0.05) is 27.2 Å². The molecule has 2 aliphatic heterocycles. The molecule has 1 unspecified atom stereocenters. The molecule has 0 bridgehead atoms. The Hall–Kier alpha value is -3.79. The van der Waals surface area contributed by atoms with Crippen molar-refractivity contribution in [3.63, 3.8) is 0 Å². The fraction of sp³-hybridized carbons (Fsp3) is 0.423. The molecule has 192 valence electrons. The molecule has 10 nitrogen and oxygen atoms in total. The number of urea groups is 1. The molecular weight excluding hydrogens is 462 g/mol. The van der Waals surface area contributed by atoms with E-state index in [2.05, 4.69) is 22.4 Å². The van der Waals surface area contributed by atoms with Crippen molar-refractivity contribution in [2.45, 2.75) is 33.0 Å². The van der Waals surface area contributed by atoms with Gasteiger partial charge in [-0.05, 0) is 61.7 Å². The molecule has 0 aliphatic carbocycles. The maximum Gasteiger partial charge on any atom is 0.351 e. The van der Waals surface area contributed by atoms with Gasteiger partial charge in [-0.15, -0.1) is 0 Å². The number of methoxy groups -OCH3 is 3. The number of anilines is 2. The molecule has 10 heteroatoms. The number of carbonyl (C=O) groups is 2. The number of nitrogens with zero attached hydrogens (tertiary/aromatic N) is 4. The number of amides is 3. The van der Waals surface area contributed by atoms with E-state index < -0.39 is 17.6 Å². The van der Waals surface area contributed by atoms with Crippen LogP contribution in [0.5, 0.6) is 17.2 Å². The number of amidine groups is 1. The highest BCUT2D eigenvalue weighted by Gasteiger charge is 2.58. The van der Waals surface area contributed by atoms with E-state index in [1.807, 2.05) is 49.8 Å². The number of hydrogen-bond donors (Lipinski definition) is 1. The Bertz CT molecular complexity index is 1230. The summed E-state index contributed by atoms with van der Waals surface area (Å²) in [5.41, 5.74) is 3.38. The Labute approximate surface area is 211 Å². The van der Waals surface area contributed by atoms with E-state index in [1.165, 1.54) is 7.05 Å². The smallest absolute Gasteiger partial charge is 0.351 e. The fourth-order valence-corrected chi connectivity index (χ4v) is 4.92. The number of hydrogen-bond acceptors (Lipinski definition) is 8. The number of fused-ring (bicyclic) bond motifs is 2. The number of carbonyl (C=O) groups excluding carboxylic acids is 2. The number of imide groups is 1. The summed E-state index contributed by atoms with van der Waals surface area (Å²) >= 11 is 0. The number of aryl methyl sites for hydroxylation is 2. The molecule has 0 radical (unpaired) electrons. The Morgan fingerprint density at radius 3 is 2.00 bits per heavy atom. The third-order valence-corrected chi connectivity index (χ3v) is 6.98. The van der Waals surface area contributed by atoms with Gasteiger partial charge in [0.05, 0.1) is 32.7 Å². The second kappa shape index (κ2) is 9.34. The van der Waals surface area contributed by atoms with Crippen molar-refractivity contribution >= 4 is 29.1 Å². The van der Waals surface area contributed by atoms with E-state index in [4.69, 9.17) is 14.2 Å². The molecule has 1 N–H and O–H groups in total. The van der Waals surface area contributed by atoms with Gasteiger partial charge in [0.25, 0.3) is 5.91 Å². The van der Waals surface area contributed by atoms with Crippen molar-refractivity contribution in [3.05, 3.63) is 41.0 Å². The predicted octanol–water partition coefficient (Wildman–Crippen LogP) is 3.08. The highest BCUT2D eigenvalue weighted by molar-refractivity contribution is 6.30. The minimum Gasteiger partial charge on any atom is -0.493 e. The second-order valence-corrected chi connectivity index (χ2v) is 8.91. The fourth-order valence-electron chi connectivity index (χ4n) is 4.92. The van der Waals surface area contributed by atoms with Crippen molar-refractivity contribution in [2.75, 3.05) is 51.8 Å². The average Bonchev–Trinajstić information content (AvgIpc) is 2.88. The summed E-state index contributed by atoms with van der Waals surface area (Å²) in [4.78, 5) is 35.9. The molecule has 0 aromatic heterocycles. The SMILES string of the molecule is CCN1c2cc(C)c(C)cc2N(C)C2=NC(=O)N(C)C(=O)C21NCc1cc(OC)c(OC)c(OC)c1. The lowest BCUT2D eigenvalue weighted by Gasteiger charge is -2.53. The summed E-state index contributed by atoms with van der Waals surface area (Å²) < 4.78 is 16.4. The van der Waals surface area contributed by atoms with Gasteiger partial charge >= 0.3 is 6.03 Å². The van der Waals surface area contributed by atoms with Gasteiger partial charge in [0.1, 0.15) is 0 Å². The number of likely N-dealkylation sites (N-methyl/N-ethyl adjacent to an activating group) is 3. The zero-order valence-corrected chi connectivity index (χ0v) is 22.1. The number of benzene rings is 2. The highest BCUT2D eigenvalue weighted by atomic mass is 16.5. The van der Waals surface area contributed by atoms with Gasteiger partial charge < -0.3 is 24.0 Å². The van der Waals surface area contributed by atoms with Crippen LogP contribution in [0.1, 0.15) is 23.6 Å². The number of aliphatic imine (C=N–C) groups is 1. The minimum atomic E-state index is -1.40. The Kier molecular flexibility index (Phi) is 6.57. The van der Waals surface area contributed by atoms with Crippen LogP contribution in [0.3, 0.4) is 0 Å². The summed E-state index contributed by atoms with van der Waals surface area (Å²) in [5.74, 6) is 1.43. The van der Waals surface area contributed by atoms with E-state index in [-0.39, 0.29) is 6.54 Å². The van der Waals surface area contributed by atoms with Crippen molar-refractivity contribution in [1.82, 2.24) is 10.2 Å². The number of nitrogens with one attached hydrogen (secondary N) is 1. The van der Waals surface area contributed by atoms with Crippen LogP contribution in [0, 0.1) is 13.8 Å². The first-order valence-corrected chi connectivity index (χ1v) is 11.7. The van der Waals surface area contributed by atoms with E-state index in [0.717, 1.165) is 33.0 Å². The molecule has 3 amide bonds. The van der Waals surface area contributed by atoms with Crippen LogP contribution in [0.25, 0.3) is 0 Å². The van der Waals surface area contributed by atoms with Gasteiger partial charge in [-0.2, -0.15) is 4.99 Å². The minimum absolute atomic E-state index is 0.258. The molecule has 0 fully saturated rings. The third-order valence-electron chi connectivity index (χ3n) is 6.98. The van der Waals surface area contributed by atoms with Gasteiger partial charge in [-0.1, -0.05) is 0 Å². The molecule has 1 atom stereocenters. The van der Waals surface area contributed by atoms with Crippen LogP contribution in [0.15, 0.2) is 29.3 Å². The standard InChI is InChI=1S/C26H33N5O5/c1-9-31-19-11-16(3)15(2)10-18(19)29(4)23-26(31,24(32)30(5)25(33)28-23)27-14-17-12-20(34-6)22(36-8)21(13-17)35-7/h10-13,27H,9,14H2,1-8H3. The lowest BCUT2D eigenvalue weighted by atomic mass is 9.93. The van der Waals surface area contributed by atoms with Gasteiger partial charge in [0.2, 0.25) is 11.4 Å². The summed E-state index contributed by atoms with van der Waals surface area (Å²) in [5, 5.41) is 3.46. The lowest BCUT2D eigenvalue weighted by molar-refractivity contribution is -0.132. The van der Waals surface area contributed by atoms with E-state index in [9.17, 15) is 9.59 Å². The first-order valence-electron chi connectivity index (χ1n) is 11.7. The van der Waals surface area contributed by atoms with E-state index in [0.29, 0.717) is 29.6 Å². The Balaban J connectivity index is 1.88. The largest absolute Gasteiger partial charge is 0.493 e. The maximum absolute atomic E-state index is 14.0. The Morgan fingerprint density at radius 2 is 1.47 bits per heavy atom. The van der Waals surface area contributed by atoms with Crippen molar-refractivity contribution in [3.8, 4) is 17.2 Å². The first-order chi connectivity index (χ1) is 17.1. The van der Waals surface area contributed by atoms with Crippen LogP contribution in [-0.4, -0.2) is 70.3 Å². The lowest BCUT2D eigenvalue weighted by Crippen LogP contribution is -2.78. The zero-order valence-electron chi connectivity index (χ0n) is 22.1. The van der Waals surface area contributed by atoms with Gasteiger partial charge in [-0.25, -0.2) is 4.79 Å². The average molecular weight is 496 g/mol. The molecule has 2 aliphatic rings. The normalized spacial score (nSPS) is 19.1. The summed E-state index contributed by atoms with van der Waals surface area (Å²) in [6.07, 6.45) is 0. The van der Waals surface area contributed by atoms with E-state index in [1.54, 1.807) is 21.3 Å². The summed E-state index contributed by atoms with van der Waals surface area (Å²) in [6, 6.07) is 7.19. The maximum atomic E-state index is 14.0. The summed E-state index contributed by atoms with van der Waals surface area (Å²) in [7, 11) is 7.95. The number of ether oxygens (including phenoxy) is 3. The summed E-state index contributed by atoms with van der Waals surface area (Å²) in [6.45, 7) is 6.82. The van der Waals surface area contributed by atoms with Crippen molar-refractivity contribution in [2.24, 2.45) is 4.99 Å². The quantitative estimate of drug-likeness (QED) is 0.626. The zero-order chi connectivity index (χ0) is 26.4. The molecule has 0 saturated carbocycles. The van der Waals surface area contributed by atoms with Crippen LogP contribution >= 0.6 is 0 Å². The van der Waals surface area contributed by atoms with Crippen LogP contribution < -0.4 is 29.3 Å². The van der Waals surface area contributed by atoms with Crippen LogP contribution in [-0.2, 0) is 11.3 Å². The molecular formula is C26H33N5O5. The molecule has 36 heavy (non-hydrogen) atoms. The molecule has 2 aromatic rings. The van der Waals surface area contributed by atoms with Crippen LogP contribution in [0.2, 0.25) is 0 Å². The molecule has 2 heterocycles. The Morgan fingerprint density at radius 1 is 0.889 bits per heavy atom. The molecule has 4 rings (SSSR count). The van der Waals surface area contributed by atoms with Crippen molar-refractivity contribution < 1.29 is 23.8 Å². The van der Waals surface area contributed by atoms with Crippen molar-refractivity contribution in [1.29, 1.82) is 0 Å².